The summed E-state index contributed by atoms with van der Waals surface area (Å²) in [6.45, 7) is 0. The molecule has 0 heterocycles. The first kappa shape index (κ1) is 5.47. The van der Waals surface area contributed by atoms with Crippen molar-refractivity contribution in [1.29, 1.82) is 0 Å². The second-order valence-corrected chi connectivity index (χ2v) is 2.40. The van der Waals surface area contributed by atoms with E-state index in [-0.39, 0.29) is 11.5 Å². The Morgan fingerprint density at radius 1 is 1.40 bits per heavy atom. The molecule has 1 aliphatic carbocycles. The fourth-order valence-corrected chi connectivity index (χ4v) is 1.17. The van der Waals surface area contributed by atoms with Gasteiger partial charge >= 0.3 is 0 Å². The number of carbonyl (C=O) groups excluding carboxylic acids is 1. The number of hydrogen-bond donors (Lipinski definition) is 1. The van der Waals surface area contributed by atoms with Gasteiger partial charge in [0.1, 0.15) is 5.75 Å². The monoisotopic (exact) mass is 134 g/mol. The van der Waals surface area contributed by atoms with Gasteiger partial charge in [0, 0.05) is 17.5 Å². The second kappa shape index (κ2) is 1.59. The third-order valence-corrected chi connectivity index (χ3v) is 1.79. The zero-order valence-corrected chi connectivity index (χ0v) is 5.29. The largest absolute Gasteiger partial charge is 0.508 e. The van der Waals surface area contributed by atoms with Gasteiger partial charge in [-0.05, 0) is 6.07 Å². The van der Waals surface area contributed by atoms with E-state index in [2.05, 4.69) is 0 Å². The second-order valence-electron chi connectivity index (χ2n) is 2.40. The van der Waals surface area contributed by atoms with Crippen molar-refractivity contribution in [2.75, 3.05) is 0 Å². The molecular formula is C8H6O2. The summed E-state index contributed by atoms with van der Waals surface area (Å²) in [6, 6.07) is 5.03. The van der Waals surface area contributed by atoms with Crippen LogP contribution in [0.3, 0.4) is 0 Å². The van der Waals surface area contributed by atoms with Crippen LogP contribution in [0.25, 0.3) is 0 Å². The predicted molar refractivity (Wildman–Crippen MR) is 36.1 cm³/mol. The summed E-state index contributed by atoms with van der Waals surface area (Å²) >= 11 is 0. The van der Waals surface area contributed by atoms with Gasteiger partial charge in [0.15, 0.2) is 5.78 Å². The molecule has 0 saturated carbocycles. The Hall–Kier alpha value is -1.31. The van der Waals surface area contributed by atoms with Crippen LogP contribution in [-0.4, -0.2) is 10.9 Å². The van der Waals surface area contributed by atoms with Crippen molar-refractivity contribution >= 4 is 5.78 Å². The minimum Gasteiger partial charge on any atom is -0.508 e. The highest BCUT2D eigenvalue weighted by Crippen LogP contribution is 2.30. The zero-order chi connectivity index (χ0) is 7.14. The van der Waals surface area contributed by atoms with Crippen molar-refractivity contribution in [3.8, 4) is 5.75 Å². The molecule has 0 aliphatic heterocycles. The number of aromatic hydroxyl groups is 1. The molecule has 0 fully saturated rings. The Kier molecular flexibility index (Phi) is 0.873. The summed E-state index contributed by atoms with van der Waals surface area (Å²) in [7, 11) is 0. The maximum atomic E-state index is 10.8. The van der Waals surface area contributed by atoms with Gasteiger partial charge in [-0.25, -0.2) is 0 Å². The molecule has 0 amide bonds. The number of Topliss-reactive ketones (excluding diaryl/α,β-unsaturated/α-hetero) is 1. The molecule has 2 heteroatoms. The Bertz CT molecular complexity index is 302. The van der Waals surface area contributed by atoms with Gasteiger partial charge < -0.3 is 5.11 Å². The number of phenols is 1. The molecule has 0 spiro atoms. The van der Waals surface area contributed by atoms with Gasteiger partial charge in [-0.15, -0.1) is 0 Å². The Morgan fingerprint density at radius 2 is 2.20 bits per heavy atom. The number of carbonyl (C=O) groups is 1. The number of ketones is 1. The predicted octanol–water partition coefficient (Wildman–Crippen LogP) is 1.13. The quantitative estimate of drug-likeness (QED) is 0.577. The first-order valence-electron chi connectivity index (χ1n) is 3.13. The highest BCUT2D eigenvalue weighted by Gasteiger charge is 2.25. The van der Waals surface area contributed by atoms with Gasteiger partial charge in [0.05, 0.1) is 0 Å². The molecule has 1 aromatic rings. The van der Waals surface area contributed by atoms with E-state index in [0.717, 1.165) is 5.56 Å². The lowest BCUT2D eigenvalue weighted by Crippen LogP contribution is -2.18. The lowest BCUT2D eigenvalue weighted by Gasteiger charge is -2.17. The van der Waals surface area contributed by atoms with Crippen LogP contribution < -0.4 is 0 Å². The maximum Gasteiger partial charge on any atom is 0.167 e. The first-order chi connectivity index (χ1) is 4.79. The van der Waals surface area contributed by atoms with Crippen LogP contribution in [0, 0.1) is 0 Å². The third-order valence-electron chi connectivity index (χ3n) is 1.79. The van der Waals surface area contributed by atoms with E-state index in [9.17, 15) is 4.79 Å². The molecule has 10 heavy (non-hydrogen) atoms. The Labute approximate surface area is 58.1 Å². The normalized spacial score (nSPS) is 14.2. The van der Waals surface area contributed by atoms with E-state index in [0.29, 0.717) is 12.0 Å². The van der Waals surface area contributed by atoms with Gasteiger partial charge in [-0.2, -0.15) is 0 Å². The summed E-state index contributed by atoms with van der Waals surface area (Å²) in [4.78, 5) is 10.8. The molecule has 0 bridgehead atoms. The van der Waals surface area contributed by atoms with Crippen molar-refractivity contribution in [2.24, 2.45) is 0 Å². The zero-order valence-electron chi connectivity index (χ0n) is 5.29. The highest BCUT2D eigenvalue weighted by atomic mass is 16.3. The minimum atomic E-state index is 0.130. The van der Waals surface area contributed by atoms with E-state index in [1.54, 1.807) is 18.2 Å². The summed E-state index contributed by atoms with van der Waals surface area (Å²) in [5, 5.41) is 9.12. The SMILES string of the molecule is O=C1Cc2c(O)cccc21. The summed E-state index contributed by atoms with van der Waals surface area (Å²) < 4.78 is 0. The molecule has 1 N–H and O–H groups in total. The van der Waals surface area contributed by atoms with Crippen LogP contribution in [0.1, 0.15) is 15.9 Å². The molecule has 0 unspecified atom stereocenters. The van der Waals surface area contributed by atoms with Crippen LogP contribution in [0.5, 0.6) is 5.75 Å². The lowest BCUT2D eigenvalue weighted by molar-refractivity contribution is 0.0965. The minimum absolute atomic E-state index is 0.130. The molecule has 50 valence electrons. The van der Waals surface area contributed by atoms with Gasteiger partial charge in [-0.1, -0.05) is 12.1 Å². The maximum absolute atomic E-state index is 10.8. The van der Waals surface area contributed by atoms with Crippen molar-refractivity contribution in [3.05, 3.63) is 29.3 Å². The Morgan fingerprint density at radius 3 is 2.80 bits per heavy atom. The third kappa shape index (κ3) is 0.506. The summed E-state index contributed by atoms with van der Waals surface area (Å²) in [5.41, 5.74) is 1.48. The molecule has 0 radical (unpaired) electrons. The number of hydrogen-bond acceptors (Lipinski definition) is 2. The van der Waals surface area contributed by atoms with Crippen molar-refractivity contribution in [2.45, 2.75) is 6.42 Å². The number of benzene rings is 1. The van der Waals surface area contributed by atoms with E-state index in [1.807, 2.05) is 0 Å². The number of fused-ring (bicyclic) bond motifs is 1. The Balaban J connectivity index is 2.66. The first-order valence-corrected chi connectivity index (χ1v) is 3.13. The smallest absolute Gasteiger partial charge is 0.167 e. The molecule has 2 rings (SSSR count). The number of rotatable bonds is 0. The van der Waals surface area contributed by atoms with Crippen LogP contribution in [0.2, 0.25) is 0 Å². The highest BCUT2D eigenvalue weighted by molar-refractivity contribution is 6.07. The standard InChI is InChI=1S/C8H6O2/c9-7-3-1-2-5-6(7)4-8(5)10/h1-3,9H,4H2. The van der Waals surface area contributed by atoms with Crippen molar-refractivity contribution < 1.29 is 9.90 Å². The van der Waals surface area contributed by atoms with Gasteiger partial charge in [0.25, 0.3) is 0 Å². The van der Waals surface area contributed by atoms with E-state index < -0.39 is 0 Å². The average Bonchev–Trinajstić information content (AvgIpc) is 1.91. The van der Waals surface area contributed by atoms with Crippen LogP contribution in [-0.2, 0) is 6.42 Å². The molecule has 0 atom stereocenters. The molecular weight excluding hydrogens is 128 g/mol. The van der Waals surface area contributed by atoms with E-state index in [1.165, 1.54) is 0 Å². The van der Waals surface area contributed by atoms with Gasteiger partial charge in [0.2, 0.25) is 0 Å². The molecule has 0 saturated heterocycles. The van der Waals surface area contributed by atoms with Crippen molar-refractivity contribution in [3.63, 3.8) is 0 Å². The summed E-state index contributed by atoms with van der Waals surface area (Å²) in [6.07, 6.45) is 0.405. The van der Waals surface area contributed by atoms with Crippen LogP contribution in [0.15, 0.2) is 18.2 Å². The molecule has 1 aromatic carbocycles. The fourth-order valence-electron chi connectivity index (χ4n) is 1.17. The topological polar surface area (TPSA) is 37.3 Å². The molecule has 2 nitrogen and oxygen atoms in total. The van der Waals surface area contributed by atoms with E-state index >= 15 is 0 Å². The number of phenolic OH excluding ortho intramolecular Hbond substituents is 1. The molecule has 0 aromatic heterocycles. The van der Waals surface area contributed by atoms with Gasteiger partial charge in [-0.3, -0.25) is 4.79 Å². The molecule has 1 aliphatic rings. The van der Waals surface area contributed by atoms with Crippen molar-refractivity contribution in [1.82, 2.24) is 0 Å². The average molecular weight is 134 g/mol. The van der Waals surface area contributed by atoms with Crippen LogP contribution in [0.4, 0.5) is 0 Å². The van der Waals surface area contributed by atoms with E-state index in [4.69, 9.17) is 5.11 Å². The summed E-state index contributed by atoms with van der Waals surface area (Å²) in [5.74, 6) is 0.378. The fraction of sp³-hybridized carbons (Fsp3) is 0.125. The lowest BCUT2D eigenvalue weighted by atomic mass is 9.86. The van der Waals surface area contributed by atoms with Crippen LogP contribution >= 0.6 is 0 Å².